The molecule has 18 N–H and O–H groups in total. The second-order valence-electron chi connectivity index (χ2n) is 18.7. The van der Waals surface area contributed by atoms with Crippen molar-refractivity contribution >= 4 is 0 Å². The van der Waals surface area contributed by atoms with Gasteiger partial charge < -0.3 is 163 Å². The van der Waals surface area contributed by atoms with Crippen molar-refractivity contribution in [3.8, 4) is 0 Å². The van der Waals surface area contributed by atoms with Gasteiger partial charge in [0.2, 0.25) is 0 Å². The molecule has 0 spiro atoms. The fraction of sp³-hybridized carbons (Fsp3) is 1.00. The summed E-state index contributed by atoms with van der Waals surface area (Å²) in [5, 5.41) is 190. The normalized spacial score (nSPS) is 54.2. The van der Waals surface area contributed by atoms with Crippen LogP contribution in [0.1, 0.15) is 0 Å². The first-order chi connectivity index (χ1) is 34.7. The Morgan fingerprint density at radius 3 is 0.959 bits per heavy atom. The van der Waals surface area contributed by atoms with E-state index in [2.05, 4.69) is 0 Å². The first-order valence-corrected chi connectivity index (χ1v) is 23.4. The molecule has 33 nitrogen and oxygen atoms in total. The Hall–Kier alpha value is -1.32. The predicted octanol–water partition coefficient (Wildman–Crippen LogP) is -13.3. The average Bonchev–Trinajstić information content (AvgIpc) is 3.81. The third-order valence-electron chi connectivity index (χ3n) is 13.7. The zero-order valence-electron chi connectivity index (χ0n) is 38.3. The van der Waals surface area contributed by atoms with Crippen molar-refractivity contribution < 1.29 is 163 Å². The van der Waals surface area contributed by atoms with Gasteiger partial charge in [0, 0.05) is 0 Å². The van der Waals surface area contributed by atoms with Crippen molar-refractivity contribution in [1.82, 2.24) is 0 Å². The highest BCUT2D eigenvalue weighted by atomic mass is 16.8. The molecule has 1 unspecified atom stereocenters. The van der Waals surface area contributed by atoms with E-state index in [4.69, 9.17) is 71.1 Å². The summed E-state index contributed by atoms with van der Waals surface area (Å²) in [6.07, 6.45) is -54.4. The summed E-state index contributed by atoms with van der Waals surface area (Å²) < 4.78 is 84.6. The smallest absolute Gasteiger partial charge is 0.187 e. The molecule has 8 heterocycles. The van der Waals surface area contributed by atoms with E-state index >= 15 is 0 Å². The van der Waals surface area contributed by atoms with E-state index in [9.17, 15) is 91.9 Å². The Morgan fingerprint density at radius 1 is 0.274 bits per heavy atom. The summed E-state index contributed by atoms with van der Waals surface area (Å²) in [5.74, 6) is 0. The minimum atomic E-state index is -2.05. The molecule has 0 aromatic rings. The van der Waals surface area contributed by atoms with Crippen LogP contribution in [0.5, 0.6) is 0 Å². The zero-order valence-corrected chi connectivity index (χ0v) is 38.3. The molecule has 73 heavy (non-hydrogen) atoms. The van der Waals surface area contributed by atoms with Crippen LogP contribution in [-0.2, 0) is 71.1 Å². The van der Waals surface area contributed by atoms with Gasteiger partial charge in [-0.3, -0.25) is 0 Å². The van der Waals surface area contributed by atoms with Crippen molar-refractivity contribution in [1.29, 1.82) is 0 Å². The van der Waals surface area contributed by atoms with Crippen molar-refractivity contribution in [3.63, 3.8) is 0 Å². The predicted molar refractivity (Wildman–Crippen MR) is 216 cm³/mol. The summed E-state index contributed by atoms with van der Waals surface area (Å²) in [6.45, 7) is -4.81. The SMILES string of the molecule is OC[C@@H]1O[C@@H](O[C@@H]2[C@@H](O)[C@H](O[C@@H]3CO[C@@H](O[C@@H]4CO[C@@H](O[C@@H]5COC(O)[C@H](O)[C@H]5O)[C@H](O)[C@H]4O)[C@H](O)[C@H]3O[C@@H]3O[C@@H](CO)[C@H](O)[C@H]3O)OC[C@H]2O[C@@H]2OC[C@@H](O[C@@H]3OC[C@@H](O)[C@H](O)[C@H]3O)[C@H](O)[C@H]2O)[C@H](O)[C@H]1O. The molecule has 0 saturated carbocycles. The van der Waals surface area contributed by atoms with Crippen LogP contribution in [0.2, 0.25) is 0 Å². The zero-order chi connectivity index (χ0) is 52.7. The van der Waals surface area contributed by atoms with Gasteiger partial charge >= 0.3 is 0 Å². The molecule has 8 aliphatic rings. The molecule has 8 saturated heterocycles. The molecule has 0 radical (unpaired) electrons. The van der Waals surface area contributed by atoms with Crippen LogP contribution in [0.4, 0.5) is 0 Å². The Bertz CT molecular complexity index is 1710. The monoisotopic (exact) mass is 1070 g/mol. The van der Waals surface area contributed by atoms with Gasteiger partial charge in [0.25, 0.3) is 0 Å². The summed E-state index contributed by atoms with van der Waals surface area (Å²) in [4.78, 5) is 0. The molecule has 33 heteroatoms. The van der Waals surface area contributed by atoms with Crippen LogP contribution < -0.4 is 0 Å². The Labute approximate surface area is 412 Å². The van der Waals surface area contributed by atoms with Crippen LogP contribution in [0.25, 0.3) is 0 Å². The number of hydrogen-bond donors (Lipinski definition) is 18. The van der Waals surface area contributed by atoms with Crippen molar-refractivity contribution in [2.45, 2.75) is 197 Å². The van der Waals surface area contributed by atoms with Crippen LogP contribution in [0, 0.1) is 0 Å². The summed E-state index contributed by atoms with van der Waals surface area (Å²) in [5.41, 5.74) is 0. The van der Waals surface area contributed by atoms with E-state index in [-0.39, 0.29) is 0 Å². The van der Waals surface area contributed by atoms with Crippen molar-refractivity contribution in [2.24, 2.45) is 0 Å². The van der Waals surface area contributed by atoms with Gasteiger partial charge in [-0.05, 0) is 0 Å². The second-order valence-corrected chi connectivity index (χ2v) is 18.7. The highest BCUT2D eigenvalue weighted by Gasteiger charge is 2.56. The molecule has 8 aliphatic heterocycles. The molecule has 0 aromatic heterocycles. The van der Waals surface area contributed by atoms with Crippen molar-refractivity contribution in [3.05, 3.63) is 0 Å². The van der Waals surface area contributed by atoms with Gasteiger partial charge in [-0.25, -0.2) is 0 Å². The maximum Gasteiger partial charge on any atom is 0.187 e. The van der Waals surface area contributed by atoms with Gasteiger partial charge in [-0.15, -0.1) is 0 Å². The Kier molecular flexibility index (Phi) is 19.6. The molecular weight excluding hydrogens is 1010 g/mol. The van der Waals surface area contributed by atoms with E-state index in [0.717, 1.165) is 0 Å². The van der Waals surface area contributed by atoms with E-state index in [1.165, 1.54) is 0 Å². The van der Waals surface area contributed by atoms with E-state index in [0.29, 0.717) is 0 Å². The maximum atomic E-state index is 11.9. The van der Waals surface area contributed by atoms with Crippen molar-refractivity contribution in [2.75, 3.05) is 52.9 Å². The molecule has 0 bridgehead atoms. The van der Waals surface area contributed by atoms with Crippen LogP contribution in [0.3, 0.4) is 0 Å². The largest absolute Gasteiger partial charge is 0.394 e. The van der Waals surface area contributed by atoms with Gasteiger partial charge in [0.05, 0.1) is 52.9 Å². The second kappa shape index (κ2) is 24.8. The third kappa shape index (κ3) is 12.3. The van der Waals surface area contributed by atoms with Gasteiger partial charge in [0.15, 0.2) is 50.3 Å². The molecule has 32 atom stereocenters. The molecule has 0 aliphatic carbocycles. The lowest BCUT2D eigenvalue weighted by Crippen LogP contribution is -2.64. The van der Waals surface area contributed by atoms with E-state index in [1.807, 2.05) is 0 Å². The Morgan fingerprint density at radius 2 is 0.575 bits per heavy atom. The molecule has 0 aromatic carbocycles. The highest BCUT2D eigenvalue weighted by molar-refractivity contribution is 4.97. The lowest BCUT2D eigenvalue weighted by Gasteiger charge is -2.47. The minimum absolute atomic E-state index is 0.434. The molecule has 8 rings (SSSR count). The summed E-state index contributed by atoms with van der Waals surface area (Å²) in [6, 6.07) is 0. The Balaban J connectivity index is 0.952. The van der Waals surface area contributed by atoms with E-state index < -0.39 is 250 Å². The van der Waals surface area contributed by atoms with E-state index in [1.54, 1.807) is 0 Å². The molecule has 424 valence electrons. The summed E-state index contributed by atoms with van der Waals surface area (Å²) >= 11 is 0. The number of aliphatic hydroxyl groups is 18. The summed E-state index contributed by atoms with van der Waals surface area (Å²) in [7, 11) is 0. The topological polar surface area (TPSA) is 503 Å². The van der Waals surface area contributed by atoms with Crippen LogP contribution >= 0.6 is 0 Å². The first kappa shape index (κ1) is 57.8. The average molecular weight is 1070 g/mol. The molecular formula is C40H66O33. The maximum absolute atomic E-state index is 11.9. The lowest BCUT2D eigenvalue weighted by molar-refractivity contribution is -0.380. The standard InChI is InChI=1S/C40H66O33/c41-1-10-18(45)27(54)39(65-10)72-31-15(70-36-26(53)21(48)13(5-62-36)68-34-24(51)17(44)9(43)3-60-34)7-64-38(30(31)57)71-16-8-63-37(29(56)32(16)73-40-28(55)19(46)11(2-42)66-40)69-14-6-61-35(25(52)22(14)49)67-12-4-59-33(58)23(50)20(12)47/h9-58H,1-8H2/t9-,10+,11+,12-,13-,14-,15-,16-,17+,18+,19+,20+,21+,22+,23-,24-,25-,26-,27-,28-,29-,30-,31+,32+,33?,34+,35+,36+,37+,38+,39+,40+/m1/s1. The third-order valence-corrected chi connectivity index (χ3v) is 13.7. The van der Waals surface area contributed by atoms with Gasteiger partial charge in [0.1, 0.15) is 146 Å². The number of hydrogen-bond acceptors (Lipinski definition) is 33. The molecule has 8 fully saturated rings. The van der Waals surface area contributed by atoms with Gasteiger partial charge in [-0.1, -0.05) is 0 Å². The van der Waals surface area contributed by atoms with Gasteiger partial charge in [-0.2, -0.15) is 0 Å². The number of ether oxygens (including phenoxy) is 15. The fourth-order valence-corrected chi connectivity index (χ4v) is 9.26. The minimum Gasteiger partial charge on any atom is -0.394 e. The first-order valence-electron chi connectivity index (χ1n) is 23.4. The highest BCUT2D eigenvalue weighted by Crippen LogP contribution is 2.36. The quantitative estimate of drug-likeness (QED) is 0.0682. The number of rotatable bonds is 16. The molecule has 0 amide bonds. The lowest BCUT2D eigenvalue weighted by atomic mass is 10.0. The van der Waals surface area contributed by atoms with Crippen LogP contribution in [-0.4, -0.2) is 342 Å². The van der Waals surface area contributed by atoms with Crippen LogP contribution in [0.15, 0.2) is 0 Å². The fourth-order valence-electron chi connectivity index (χ4n) is 9.26. The number of aliphatic hydroxyl groups excluding tert-OH is 18.